The van der Waals surface area contributed by atoms with Crippen molar-refractivity contribution in [3.8, 4) is 5.75 Å². The third kappa shape index (κ3) is 2.63. The molecule has 28 heavy (non-hydrogen) atoms. The fraction of sp³-hybridized carbons (Fsp3) is 0.143. The lowest BCUT2D eigenvalue weighted by Crippen LogP contribution is -2.42. The van der Waals surface area contributed by atoms with E-state index in [1.165, 1.54) is 0 Å². The number of methoxy groups -OCH3 is 1. The summed E-state index contributed by atoms with van der Waals surface area (Å²) < 4.78 is 12.0. The van der Waals surface area contributed by atoms with Crippen LogP contribution in [0.15, 0.2) is 59.2 Å². The van der Waals surface area contributed by atoms with Gasteiger partial charge < -0.3 is 19.4 Å². The minimum Gasteiger partial charge on any atom is -0.497 e. The van der Waals surface area contributed by atoms with Crippen LogP contribution in [0.5, 0.6) is 5.75 Å². The molecule has 0 saturated heterocycles. The molecule has 1 aliphatic rings. The standard InChI is InChI=1S/C21H18N4O2S/c1-12-23-17-11-13(3-8-18(17)28-12)20-24-21-16(9-10-27-21)19(22)25(20)14-4-6-15(26-2)7-5-14/h3-11,20,22,24H,1-2H3. The van der Waals surface area contributed by atoms with E-state index in [9.17, 15) is 0 Å². The lowest BCUT2D eigenvalue weighted by molar-refractivity contribution is 0.415. The maximum atomic E-state index is 8.81. The van der Waals surface area contributed by atoms with Crippen molar-refractivity contribution in [2.45, 2.75) is 13.1 Å². The number of aromatic nitrogens is 1. The maximum absolute atomic E-state index is 8.81. The van der Waals surface area contributed by atoms with Crippen LogP contribution in [-0.4, -0.2) is 17.9 Å². The van der Waals surface area contributed by atoms with Gasteiger partial charge in [-0.3, -0.25) is 5.41 Å². The van der Waals surface area contributed by atoms with Gasteiger partial charge >= 0.3 is 0 Å². The third-order valence-electron chi connectivity index (χ3n) is 4.87. The molecule has 0 fully saturated rings. The fourth-order valence-corrected chi connectivity index (χ4v) is 4.35. The zero-order chi connectivity index (χ0) is 19.3. The van der Waals surface area contributed by atoms with Crippen LogP contribution in [0.1, 0.15) is 22.3 Å². The number of nitrogens with zero attached hydrogens (tertiary/aromatic N) is 2. The monoisotopic (exact) mass is 390 g/mol. The quantitative estimate of drug-likeness (QED) is 0.505. The van der Waals surface area contributed by atoms with E-state index in [0.717, 1.165) is 37.8 Å². The molecule has 0 amide bonds. The second-order valence-electron chi connectivity index (χ2n) is 6.59. The molecule has 6 nitrogen and oxygen atoms in total. The van der Waals surface area contributed by atoms with Crippen molar-refractivity contribution in [3.63, 3.8) is 0 Å². The first-order valence-corrected chi connectivity index (χ1v) is 9.69. The van der Waals surface area contributed by atoms with Crippen molar-refractivity contribution in [3.05, 3.63) is 70.9 Å². The van der Waals surface area contributed by atoms with Crippen LogP contribution in [0, 0.1) is 12.3 Å². The predicted octanol–water partition coefficient (Wildman–Crippen LogP) is 5.16. The van der Waals surface area contributed by atoms with Gasteiger partial charge in [-0.15, -0.1) is 11.3 Å². The zero-order valence-corrected chi connectivity index (χ0v) is 16.2. The Bertz CT molecular complexity index is 1180. The highest BCUT2D eigenvalue weighted by molar-refractivity contribution is 7.18. The molecule has 0 radical (unpaired) electrons. The summed E-state index contributed by atoms with van der Waals surface area (Å²) >= 11 is 1.68. The number of thiazole rings is 1. The smallest absolute Gasteiger partial charge is 0.205 e. The number of anilines is 2. The largest absolute Gasteiger partial charge is 0.497 e. The van der Waals surface area contributed by atoms with Crippen molar-refractivity contribution in [2.24, 2.45) is 0 Å². The van der Waals surface area contributed by atoms with Gasteiger partial charge in [0.25, 0.3) is 0 Å². The number of rotatable bonds is 3. The zero-order valence-electron chi connectivity index (χ0n) is 15.4. The Morgan fingerprint density at radius 2 is 2.00 bits per heavy atom. The summed E-state index contributed by atoms with van der Waals surface area (Å²) in [5.74, 6) is 1.77. The number of furan rings is 1. The van der Waals surface area contributed by atoms with Crippen LogP contribution in [0.25, 0.3) is 10.2 Å². The molecule has 4 aromatic rings. The molecule has 3 heterocycles. The van der Waals surface area contributed by atoms with Gasteiger partial charge in [0.1, 0.15) is 17.8 Å². The Morgan fingerprint density at radius 3 is 2.79 bits per heavy atom. The average molecular weight is 390 g/mol. The SMILES string of the molecule is COc1ccc(N2C(=N)c3ccoc3NC2c2ccc3sc(C)nc3c2)cc1. The van der Waals surface area contributed by atoms with E-state index in [2.05, 4.69) is 28.5 Å². The van der Waals surface area contributed by atoms with E-state index < -0.39 is 0 Å². The first-order chi connectivity index (χ1) is 13.6. The lowest BCUT2D eigenvalue weighted by atomic mass is 10.1. The molecule has 5 rings (SSSR count). The van der Waals surface area contributed by atoms with Gasteiger partial charge in [0.15, 0.2) is 0 Å². The molecule has 0 bridgehead atoms. The summed E-state index contributed by atoms with van der Waals surface area (Å²) in [6.07, 6.45) is 1.32. The molecule has 0 spiro atoms. The van der Waals surface area contributed by atoms with E-state index in [1.54, 1.807) is 24.7 Å². The average Bonchev–Trinajstić information content (AvgIpc) is 3.33. The number of hydrogen-bond acceptors (Lipinski definition) is 6. The Morgan fingerprint density at radius 1 is 1.18 bits per heavy atom. The van der Waals surface area contributed by atoms with E-state index in [-0.39, 0.29) is 6.17 Å². The Hall–Kier alpha value is -3.32. The fourth-order valence-electron chi connectivity index (χ4n) is 3.54. The Kier molecular flexibility index (Phi) is 3.84. The van der Waals surface area contributed by atoms with Crippen LogP contribution in [0.2, 0.25) is 0 Å². The second kappa shape index (κ2) is 6.38. The van der Waals surface area contributed by atoms with Crippen molar-refractivity contribution >= 4 is 39.0 Å². The van der Waals surface area contributed by atoms with Crippen molar-refractivity contribution in [2.75, 3.05) is 17.3 Å². The summed E-state index contributed by atoms with van der Waals surface area (Å²) in [5, 5.41) is 13.3. The summed E-state index contributed by atoms with van der Waals surface area (Å²) in [6, 6.07) is 15.8. The lowest BCUT2D eigenvalue weighted by Gasteiger charge is -2.38. The van der Waals surface area contributed by atoms with Gasteiger partial charge in [-0.1, -0.05) is 6.07 Å². The summed E-state index contributed by atoms with van der Waals surface area (Å²) in [7, 11) is 1.64. The number of benzene rings is 2. The number of fused-ring (bicyclic) bond motifs is 2. The maximum Gasteiger partial charge on any atom is 0.205 e. The first kappa shape index (κ1) is 16.8. The number of amidine groups is 1. The predicted molar refractivity (Wildman–Crippen MR) is 112 cm³/mol. The number of aryl methyl sites for hydroxylation is 1. The molecule has 1 aliphatic heterocycles. The molecule has 2 aromatic carbocycles. The third-order valence-corrected chi connectivity index (χ3v) is 5.82. The van der Waals surface area contributed by atoms with Gasteiger partial charge in [0.2, 0.25) is 5.88 Å². The molecule has 0 aliphatic carbocycles. The van der Waals surface area contributed by atoms with Gasteiger partial charge in [0, 0.05) is 5.69 Å². The topological polar surface area (TPSA) is 74.4 Å². The Balaban J connectivity index is 1.64. The molecule has 140 valence electrons. The van der Waals surface area contributed by atoms with Crippen LogP contribution in [0.4, 0.5) is 11.6 Å². The number of hydrogen-bond donors (Lipinski definition) is 2. The number of nitrogens with one attached hydrogen (secondary N) is 2. The normalized spacial score (nSPS) is 16.1. The summed E-state index contributed by atoms with van der Waals surface area (Å²) in [6.45, 7) is 2.01. The minimum atomic E-state index is -0.286. The van der Waals surface area contributed by atoms with Crippen LogP contribution in [0.3, 0.4) is 0 Å². The first-order valence-electron chi connectivity index (χ1n) is 8.87. The molecule has 2 N–H and O–H groups in total. The highest BCUT2D eigenvalue weighted by atomic mass is 32.1. The van der Waals surface area contributed by atoms with Crippen LogP contribution in [-0.2, 0) is 0 Å². The van der Waals surface area contributed by atoms with Crippen molar-refractivity contribution in [1.29, 1.82) is 5.41 Å². The molecular weight excluding hydrogens is 372 g/mol. The number of ether oxygens (including phenoxy) is 1. The van der Waals surface area contributed by atoms with Gasteiger partial charge in [-0.25, -0.2) is 4.98 Å². The van der Waals surface area contributed by atoms with E-state index in [1.807, 2.05) is 42.2 Å². The molecule has 1 unspecified atom stereocenters. The van der Waals surface area contributed by atoms with Crippen molar-refractivity contribution < 1.29 is 9.15 Å². The van der Waals surface area contributed by atoms with Gasteiger partial charge in [-0.2, -0.15) is 0 Å². The van der Waals surface area contributed by atoms with Gasteiger partial charge in [0.05, 0.1) is 34.2 Å². The molecule has 1 atom stereocenters. The van der Waals surface area contributed by atoms with Crippen LogP contribution < -0.4 is 15.0 Å². The van der Waals surface area contributed by atoms with E-state index in [0.29, 0.717) is 11.7 Å². The minimum absolute atomic E-state index is 0.286. The summed E-state index contributed by atoms with van der Waals surface area (Å²) in [4.78, 5) is 6.58. The van der Waals surface area contributed by atoms with E-state index >= 15 is 0 Å². The molecule has 7 heteroatoms. The van der Waals surface area contributed by atoms with Crippen LogP contribution >= 0.6 is 11.3 Å². The Labute approximate surface area is 165 Å². The molecule has 2 aromatic heterocycles. The molecular formula is C21H18N4O2S. The van der Waals surface area contributed by atoms with Crippen molar-refractivity contribution in [1.82, 2.24) is 4.98 Å². The van der Waals surface area contributed by atoms with E-state index in [4.69, 9.17) is 14.6 Å². The highest BCUT2D eigenvalue weighted by Gasteiger charge is 2.33. The highest BCUT2D eigenvalue weighted by Crippen LogP contribution is 2.38. The summed E-state index contributed by atoms with van der Waals surface area (Å²) in [5.41, 5.74) is 3.61. The van der Waals surface area contributed by atoms with Gasteiger partial charge in [-0.05, 0) is 55.0 Å². The second-order valence-corrected chi connectivity index (χ2v) is 7.82. The molecule has 0 saturated carbocycles.